The van der Waals surface area contributed by atoms with Crippen molar-refractivity contribution in [3.63, 3.8) is 0 Å². The first-order valence-corrected chi connectivity index (χ1v) is 14.0. The molecule has 42 heavy (non-hydrogen) atoms. The minimum absolute atomic E-state index is 0.247. The molecule has 0 radical (unpaired) electrons. The van der Waals surface area contributed by atoms with E-state index in [1.807, 2.05) is 24.4 Å². The summed E-state index contributed by atoms with van der Waals surface area (Å²) in [7, 11) is 0. The van der Waals surface area contributed by atoms with Crippen molar-refractivity contribution in [1.82, 2.24) is 24.9 Å². The number of carbonyl (C=O) groups excluding carboxylic acids is 2. The number of carbonyl (C=O) groups is 2. The first-order valence-electron chi connectivity index (χ1n) is 14.0. The first-order chi connectivity index (χ1) is 20.3. The summed E-state index contributed by atoms with van der Waals surface area (Å²) in [5.74, 6) is 0.632. The van der Waals surface area contributed by atoms with Gasteiger partial charge in [0, 0.05) is 48.3 Å². The molecule has 0 saturated carbocycles. The van der Waals surface area contributed by atoms with E-state index in [0.29, 0.717) is 48.6 Å². The molecular weight excluding hydrogens is 532 g/mol. The fourth-order valence-electron chi connectivity index (χ4n) is 4.42. The molecule has 0 aliphatic carbocycles. The molecule has 3 heterocycles. The van der Waals surface area contributed by atoms with Crippen LogP contribution in [0.2, 0.25) is 0 Å². The largest absolute Gasteiger partial charge is 0.381 e. The Morgan fingerprint density at radius 1 is 1.17 bits per heavy atom. The molecular formula is C31H38N8O3. The number of rotatable bonds is 12. The number of anilines is 3. The SMILES string of the molecule is C=CC(=O)NC(=C/C)/C=C(\C=C)C(=O)Nc1cccc(CNc2nc(NC3CCOCC3)nc3c(C(C)C)cnn23)c1. The highest BCUT2D eigenvalue weighted by atomic mass is 16.5. The van der Waals surface area contributed by atoms with Crippen molar-refractivity contribution in [1.29, 1.82) is 0 Å². The Hall–Kier alpha value is -4.77. The summed E-state index contributed by atoms with van der Waals surface area (Å²) in [6.45, 7) is 15.0. The number of fused-ring (bicyclic) bond motifs is 1. The van der Waals surface area contributed by atoms with Crippen LogP contribution in [0.5, 0.6) is 0 Å². The van der Waals surface area contributed by atoms with E-state index in [2.05, 4.69) is 53.4 Å². The lowest BCUT2D eigenvalue weighted by Gasteiger charge is -2.23. The Kier molecular flexibility index (Phi) is 10.2. The van der Waals surface area contributed by atoms with Gasteiger partial charge in [-0.05, 0) is 55.5 Å². The molecule has 11 heteroatoms. The Bertz CT molecular complexity index is 1520. The van der Waals surface area contributed by atoms with Crippen LogP contribution in [0.3, 0.4) is 0 Å². The van der Waals surface area contributed by atoms with Crippen LogP contribution in [0.15, 0.2) is 79.2 Å². The van der Waals surface area contributed by atoms with Crippen molar-refractivity contribution in [3.05, 3.63) is 90.3 Å². The van der Waals surface area contributed by atoms with E-state index in [9.17, 15) is 9.59 Å². The summed E-state index contributed by atoms with van der Waals surface area (Å²) in [5.41, 5.74) is 4.09. The van der Waals surface area contributed by atoms with Crippen LogP contribution >= 0.6 is 0 Å². The summed E-state index contributed by atoms with van der Waals surface area (Å²) in [5, 5.41) is 17.0. The quantitative estimate of drug-likeness (QED) is 0.182. The van der Waals surface area contributed by atoms with Crippen molar-refractivity contribution in [2.24, 2.45) is 0 Å². The van der Waals surface area contributed by atoms with Crippen LogP contribution in [0, 0.1) is 0 Å². The fourth-order valence-corrected chi connectivity index (χ4v) is 4.42. The lowest BCUT2D eigenvalue weighted by molar-refractivity contribution is -0.116. The van der Waals surface area contributed by atoms with Crippen LogP contribution in [-0.4, -0.2) is 50.7 Å². The van der Waals surface area contributed by atoms with Crippen LogP contribution in [0.1, 0.15) is 50.7 Å². The average molecular weight is 571 g/mol. The highest BCUT2D eigenvalue weighted by Gasteiger charge is 2.19. The minimum Gasteiger partial charge on any atom is -0.381 e. The third kappa shape index (κ3) is 7.70. The van der Waals surface area contributed by atoms with Crippen LogP contribution in [0.4, 0.5) is 17.6 Å². The van der Waals surface area contributed by atoms with Gasteiger partial charge in [0.15, 0.2) is 5.65 Å². The van der Waals surface area contributed by atoms with E-state index in [0.717, 1.165) is 35.7 Å². The van der Waals surface area contributed by atoms with Gasteiger partial charge in [-0.25, -0.2) is 0 Å². The molecule has 0 unspecified atom stereocenters. The zero-order valence-corrected chi connectivity index (χ0v) is 24.3. The number of ether oxygens (including phenoxy) is 1. The van der Waals surface area contributed by atoms with E-state index in [-0.39, 0.29) is 23.8 Å². The molecule has 4 N–H and O–H groups in total. The summed E-state index contributed by atoms with van der Waals surface area (Å²) in [6, 6.07) is 7.75. The van der Waals surface area contributed by atoms with Gasteiger partial charge >= 0.3 is 0 Å². The molecule has 2 aromatic heterocycles. The minimum atomic E-state index is -0.369. The van der Waals surface area contributed by atoms with Crippen molar-refractivity contribution >= 4 is 35.0 Å². The number of nitrogens with zero attached hydrogens (tertiary/aromatic N) is 4. The number of amides is 2. The molecule has 0 spiro atoms. The lowest BCUT2D eigenvalue weighted by atomic mass is 10.1. The Morgan fingerprint density at radius 2 is 1.95 bits per heavy atom. The van der Waals surface area contributed by atoms with Gasteiger partial charge in [0.05, 0.1) is 6.20 Å². The van der Waals surface area contributed by atoms with Crippen LogP contribution in [0.25, 0.3) is 5.65 Å². The van der Waals surface area contributed by atoms with Crippen molar-refractivity contribution < 1.29 is 14.3 Å². The number of nitrogens with one attached hydrogen (secondary N) is 4. The van der Waals surface area contributed by atoms with Gasteiger partial charge in [0.2, 0.25) is 17.8 Å². The van der Waals surface area contributed by atoms with Gasteiger partial charge in [0.1, 0.15) is 0 Å². The Balaban J connectivity index is 1.50. The van der Waals surface area contributed by atoms with Gasteiger partial charge in [-0.2, -0.15) is 19.6 Å². The highest BCUT2D eigenvalue weighted by Crippen LogP contribution is 2.23. The molecule has 1 aromatic carbocycles. The number of benzene rings is 1. The topological polar surface area (TPSA) is 135 Å². The first kappa shape index (κ1) is 30.2. The van der Waals surface area contributed by atoms with Gasteiger partial charge in [-0.15, -0.1) is 0 Å². The molecule has 0 bridgehead atoms. The second kappa shape index (κ2) is 14.2. The number of allylic oxidation sites excluding steroid dienone is 2. The second-order valence-corrected chi connectivity index (χ2v) is 10.1. The standard InChI is InChI=1S/C31H38N8O3/c1-6-22(17-23(7-2)34-27(40)8-3)29(41)35-25-11-9-10-21(16-25)18-32-31-38-30(36-24-12-14-42-15-13-24)37-28-26(20(4)5)19-33-39(28)31/h6-11,16-17,19-20,24H,1,3,12-15,18H2,2,4-5H3,(H,34,40)(H,35,41)(H2,32,36,37,38)/b22-17+,23-7+. The molecule has 11 nitrogen and oxygen atoms in total. The summed E-state index contributed by atoms with van der Waals surface area (Å²) in [6.07, 6.45) is 9.46. The van der Waals surface area contributed by atoms with E-state index >= 15 is 0 Å². The molecule has 3 aromatic rings. The maximum atomic E-state index is 13.0. The molecule has 1 aliphatic rings. The monoisotopic (exact) mass is 570 g/mol. The summed E-state index contributed by atoms with van der Waals surface area (Å²) in [4.78, 5) is 34.2. The normalized spacial score (nSPS) is 14.5. The predicted octanol–water partition coefficient (Wildman–Crippen LogP) is 4.71. The van der Waals surface area contributed by atoms with Crippen molar-refractivity contribution in [2.75, 3.05) is 29.2 Å². The maximum Gasteiger partial charge on any atom is 0.255 e. The molecule has 1 fully saturated rings. The van der Waals surface area contributed by atoms with E-state index < -0.39 is 0 Å². The Labute approximate surface area is 245 Å². The number of hydrogen-bond acceptors (Lipinski definition) is 8. The fraction of sp³-hybridized carbons (Fsp3) is 0.323. The van der Waals surface area contributed by atoms with Crippen LogP contribution < -0.4 is 21.3 Å². The van der Waals surface area contributed by atoms with Crippen molar-refractivity contribution in [2.45, 2.75) is 52.1 Å². The van der Waals surface area contributed by atoms with Gasteiger partial charge in [-0.3, -0.25) is 9.59 Å². The molecule has 4 rings (SSSR count). The molecule has 2 amide bonds. The number of aromatic nitrogens is 4. The van der Waals surface area contributed by atoms with E-state index in [4.69, 9.17) is 14.7 Å². The summed E-state index contributed by atoms with van der Waals surface area (Å²) >= 11 is 0. The van der Waals surface area contributed by atoms with Crippen LogP contribution in [-0.2, 0) is 20.9 Å². The Morgan fingerprint density at radius 3 is 2.64 bits per heavy atom. The smallest absolute Gasteiger partial charge is 0.255 e. The third-order valence-corrected chi connectivity index (χ3v) is 6.76. The molecule has 1 aliphatic heterocycles. The second-order valence-electron chi connectivity index (χ2n) is 10.1. The lowest BCUT2D eigenvalue weighted by Crippen LogP contribution is -2.29. The third-order valence-electron chi connectivity index (χ3n) is 6.76. The molecule has 220 valence electrons. The van der Waals surface area contributed by atoms with Gasteiger partial charge < -0.3 is 26.0 Å². The zero-order valence-electron chi connectivity index (χ0n) is 24.3. The zero-order chi connectivity index (χ0) is 30.1. The average Bonchev–Trinajstić information content (AvgIpc) is 3.43. The van der Waals surface area contributed by atoms with E-state index in [1.54, 1.807) is 29.7 Å². The van der Waals surface area contributed by atoms with Gasteiger partial charge in [-0.1, -0.05) is 51.3 Å². The maximum absolute atomic E-state index is 13.0. The van der Waals surface area contributed by atoms with E-state index in [1.165, 1.54) is 6.08 Å². The molecule has 1 saturated heterocycles. The summed E-state index contributed by atoms with van der Waals surface area (Å²) < 4.78 is 7.21. The van der Waals surface area contributed by atoms with Gasteiger partial charge in [0.25, 0.3) is 5.91 Å². The van der Waals surface area contributed by atoms with Crippen molar-refractivity contribution in [3.8, 4) is 0 Å². The number of hydrogen-bond donors (Lipinski definition) is 4. The molecule has 0 atom stereocenters. The highest BCUT2D eigenvalue weighted by molar-refractivity contribution is 6.06. The predicted molar refractivity (Wildman–Crippen MR) is 165 cm³/mol.